The van der Waals surface area contributed by atoms with Crippen LogP contribution >= 0.6 is 15.9 Å². The monoisotopic (exact) mass is 336 g/mol. The topological polar surface area (TPSA) is 26.3 Å². The van der Waals surface area contributed by atoms with E-state index in [0.717, 1.165) is 11.3 Å². The number of hydrogen-bond donors (Lipinski definition) is 0. The number of ether oxygens (including phenoxy) is 1. The van der Waals surface area contributed by atoms with Crippen LogP contribution in [0.1, 0.15) is 22.3 Å². The van der Waals surface area contributed by atoms with E-state index in [9.17, 15) is 9.18 Å². The number of carbonyl (C=O) groups is 1. The molecule has 0 aliphatic carbocycles. The van der Waals surface area contributed by atoms with Crippen molar-refractivity contribution in [3.05, 3.63) is 63.9 Å². The van der Waals surface area contributed by atoms with E-state index in [4.69, 9.17) is 4.74 Å². The van der Waals surface area contributed by atoms with Crippen molar-refractivity contribution in [3.63, 3.8) is 0 Å². The molecule has 4 heteroatoms. The van der Waals surface area contributed by atoms with Gasteiger partial charge in [0.15, 0.2) is 5.78 Å². The molecule has 0 saturated heterocycles. The lowest BCUT2D eigenvalue weighted by Crippen LogP contribution is -2.02. The van der Waals surface area contributed by atoms with Gasteiger partial charge in [-0.25, -0.2) is 4.39 Å². The van der Waals surface area contributed by atoms with Crippen molar-refractivity contribution in [2.75, 3.05) is 7.11 Å². The predicted octanol–water partition coefficient (Wildman–Crippen LogP) is 4.41. The smallest absolute Gasteiger partial charge is 0.163 e. The molecule has 2 aromatic rings. The second-order valence-electron chi connectivity index (χ2n) is 4.40. The lowest BCUT2D eigenvalue weighted by atomic mass is 10.0. The molecule has 0 atom stereocenters. The molecule has 0 aromatic heterocycles. The Kier molecular flexibility index (Phi) is 4.90. The molecule has 0 radical (unpaired) electrons. The molecular formula is C16H14BrFO2. The van der Waals surface area contributed by atoms with Crippen LogP contribution < -0.4 is 4.74 Å². The van der Waals surface area contributed by atoms with E-state index in [1.54, 1.807) is 19.2 Å². The Morgan fingerprint density at radius 1 is 1.25 bits per heavy atom. The highest BCUT2D eigenvalue weighted by Crippen LogP contribution is 2.19. The minimum absolute atomic E-state index is 0.0702. The second kappa shape index (κ2) is 6.66. The van der Waals surface area contributed by atoms with E-state index >= 15 is 0 Å². The summed E-state index contributed by atoms with van der Waals surface area (Å²) in [5.74, 6) is 0.279. The summed E-state index contributed by atoms with van der Waals surface area (Å²) in [5.41, 5.74) is 1.42. The number of rotatable bonds is 5. The maximum atomic E-state index is 13.4. The van der Waals surface area contributed by atoms with Crippen LogP contribution in [-0.2, 0) is 6.42 Å². The second-order valence-corrected chi connectivity index (χ2v) is 5.26. The molecule has 0 amide bonds. The largest absolute Gasteiger partial charge is 0.497 e. The van der Waals surface area contributed by atoms with Crippen LogP contribution in [-0.4, -0.2) is 12.9 Å². The van der Waals surface area contributed by atoms with Gasteiger partial charge in [0.2, 0.25) is 0 Å². The van der Waals surface area contributed by atoms with Crippen molar-refractivity contribution in [1.29, 1.82) is 0 Å². The Morgan fingerprint density at radius 2 is 2.05 bits per heavy atom. The van der Waals surface area contributed by atoms with Gasteiger partial charge < -0.3 is 4.74 Å². The van der Waals surface area contributed by atoms with Crippen LogP contribution in [0.4, 0.5) is 4.39 Å². The first-order valence-corrected chi connectivity index (χ1v) is 7.00. The molecule has 2 nitrogen and oxygen atoms in total. The summed E-state index contributed by atoms with van der Waals surface area (Å²) < 4.78 is 18.9. The fourth-order valence-corrected chi connectivity index (χ4v) is 2.15. The van der Waals surface area contributed by atoms with E-state index in [2.05, 4.69) is 15.9 Å². The number of benzene rings is 2. The summed E-state index contributed by atoms with van der Waals surface area (Å²) in [5, 5.41) is 0. The summed E-state index contributed by atoms with van der Waals surface area (Å²) in [7, 11) is 1.61. The van der Waals surface area contributed by atoms with Crippen molar-refractivity contribution in [2.24, 2.45) is 0 Å². The fraction of sp³-hybridized carbons (Fsp3) is 0.188. The summed E-state index contributed by atoms with van der Waals surface area (Å²) in [6, 6.07) is 12.0. The van der Waals surface area contributed by atoms with Gasteiger partial charge in [-0.2, -0.15) is 0 Å². The zero-order valence-corrected chi connectivity index (χ0v) is 12.6. The zero-order chi connectivity index (χ0) is 14.5. The first kappa shape index (κ1) is 14.7. The Bertz CT molecular complexity index is 626. The van der Waals surface area contributed by atoms with Gasteiger partial charge in [0.1, 0.15) is 11.6 Å². The summed E-state index contributed by atoms with van der Waals surface area (Å²) in [4.78, 5) is 12.0. The Balaban J connectivity index is 2.02. The van der Waals surface area contributed by atoms with Crippen LogP contribution in [0.3, 0.4) is 0 Å². The van der Waals surface area contributed by atoms with Gasteiger partial charge in [-0.05, 0) is 52.2 Å². The highest BCUT2D eigenvalue weighted by Gasteiger charge is 2.09. The van der Waals surface area contributed by atoms with Gasteiger partial charge in [0.25, 0.3) is 0 Å². The number of halogens is 2. The molecule has 0 N–H and O–H groups in total. The number of carbonyl (C=O) groups excluding carboxylic acids is 1. The van der Waals surface area contributed by atoms with Crippen molar-refractivity contribution in [2.45, 2.75) is 12.8 Å². The van der Waals surface area contributed by atoms with E-state index in [1.807, 2.05) is 24.3 Å². The Labute approximate surface area is 125 Å². The minimum atomic E-state index is -0.419. The molecule has 0 heterocycles. The molecule has 0 aliphatic heterocycles. The maximum Gasteiger partial charge on any atom is 0.163 e. The summed E-state index contributed by atoms with van der Waals surface area (Å²) >= 11 is 3.07. The Hall–Kier alpha value is -1.68. The number of hydrogen-bond acceptors (Lipinski definition) is 2. The molecule has 0 aliphatic rings. The molecule has 2 rings (SSSR count). The van der Waals surface area contributed by atoms with E-state index < -0.39 is 5.82 Å². The lowest BCUT2D eigenvalue weighted by Gasteiger charge is -2.05. The van der Waals surface area contributed by atoms with Gasteiger partial charge in [-0.15, -0.1) is 0 Å². The highest BCUT2D eigenvalue weighted by atomic mass is 79.9. The molecular weight excluding hydrogens is 323 g/mol. The fourth-order valence-electron chi connectivity index (χ4n) is 1.90. The first-order chi connectivity index (χ1) is 9.60. The van der Waals surface area contributed by atoms with Crippen LogP contribution in [0.15, 0.2) is 46.9 Å². The Morgan fingerprint density at radius 3 is 2.75 bits per heavy atom. The molecule has 0 bridgehead atoms. The van der Waals surface area contributed by atoms with Crippen LogP contribution in [0, 0.1) is 5.82 Å². The number of ketones is 1. The molecule has 0 fully saturated rings. The summed E-state index contributed by atoms with van der Waals surface area (Å²) in [6.45, 7) is 0. The van der Waals surface area contributed by atoms with Crippen LogP contribution in [0.5, 0.6) is 5.75 Å². The number of aryl methyl sites for hydroxylation is 1. The standard InChI is InChI=1S/C16H14BrFO2/c1-20-13-4-2-3-11(9-13)5-8-16(19)12-6-7-14(17)15(18)10-12/h2-4,6-7,9-10H,5,8H2,1H3. The van der Waals surface area contributed by atoms with Crippen molar-refractivity contribution in [3.8, 4) is 5.75 Å². The average molecular weight is 337 g/mol. The molecule has 0 unspecified atom stereocenters. The normalized spacial score (nSPS) is 10.3. The van der Waals surface area contributed by atoms with Crippen molar-refractivity contribution >= 4 is 21.7 Å². The van der Waals surface area contributed by atoms with Gasteiger partial charge in [0, 0.05) is 12.0 Å². The zero-order valence-electron chi connectivity index (χ0n) is 11.0. The van der Waals surface area contributed by atoms with Gasteiger partial charge >= 0.3 is 0 Å². The molecule has 0 spiro atoms. The van der Waals surface area contributed by atoms with Crippen LogP contribution in [0.2, 0.25) is 0 Å². The maximum absolute atomic E-state index is 13.4. The number of methoxy groups -OCH3 is 1. The van der Waals surface area contributed by atoms with Gasteiger partial charge in [-0.1, -0.05) is 18.2 Å². The third-order valence-electron chi connectivity index (χ3n) is 3.02. The number of Topliss-reactive ketones (excluding diaryl/α,β-unsaturated/α-hetero) is 1. The molecule has 2 aromatic carbocycles. The quantitative estimate of drug-likeness (QED) is 0.756. The SMILES string of the molecule is COc1cccc(CCC(=O)c2ccc(Br)c(F)c2)c1. The van der Waals surface area contributed by atoms with E-state index in [0.29, 0.717) is 22.9 Å². The van der Waals surface area contributed by atoms with E-state index in [1.165, 1.54) is 6.07 Å². The van der Waals surface area contributed by atoms with Gasteiger partial charge in [0.05, 0.1) is 11.6 Å². The molecule has 104 valence electrons. The third-order valence-corrected chi connectivity index (χ3v) is 3.66. The molecule has 0 saturated carbocycles. The predicted molar refractivity (Wildman–Crippen MR) is 79.7 cm³/mol. The van der Waals surface area contributed by atoms with Crippen molar-refractivity contribution in [1.82, 2.24) is 0 Å². The minimum Gasteiger partial charge on any atom is -0.497 e. The van der Waals surface area contributed by atoms with Crippen molar-refractivity contribution < 1.29 is 13.9 Å². The van der Waals surface area contributed by atoms with Crippen LogP contribution in [0.25, 0.3) is 0 Å². The average Bonchev–Trinajstić information content (AvgIpc) is 2.47. The highest BCUT2D eigenvalue weighted by molar-refractivity contribution is 9.10. The first-order valence-electron chi connectivity index (χ1n) is 6.21. The van der Waals surface area contributed by atoms with E-state index in [-0.39, 0.29) is 5.78 Å². The lowest BCUT2D eigenvalue weighted by molar-refractivity contribution is 0.0982. The van der Waals surface area contributed by atoms with Gasteiger partial charge in [-0.3, -0.25) is 4.79 Å². The molecule has 20 heavy (non-hydrogen) atoms. The summed E-state index contributed by atoms with van der Waals surface area (Å²) in [6.07, 6.45) is 0.946. The third kappa shape index (κ3) is 3.67.